The van der Waals surface area contributed by atoms with Crippen LogP contribution in [0.25, 0.3) is 0 Å². The zero-order valence-corrected chi connectivity index (χ0v) is 13.3. The van der Waals surface area contributed by atoms with E-state index in [0.717, 1.165) is 11.1 Å². The van der Waals surface area contributed by atoms with Crippen molar-refractivity contribution in [2.45, 2.75) is 63.3 Å². The van der Waals surface area contributed by atoms with E-state index >= 15 is 0 Å². The van der Waals surface area contributed by atoms with Crippen LogP contribution in [-0.4, -0.2) is 33.6 Å². The zero-order valence-electron chi connectivity index (χ0n) is 13.3. The molecule has 0 aromatic heterocycles. The van der Waals surface area contributed by atoms with Gasteiger partial charge in [0.1, 0.15) is 5.82 Å². The lowest BCUT2D eigenvalue weighted by molar-refractivity contribution is -0.138. The molecule has 3 atom stereocenters. The smallest absolute Gasteiger partial charge is 0.240 e. The summed E-state index contributed by atoms with van der Waals surface area (Å²) >= 11 is 0. The normalized spacial score (nSPS) is 31.7. The van der Waals surface area contributed by atoms with E-state index in [0.29, 0.717) is 19.3 Å². The van der Waals surface area contributed by atoms with Crippen molar-refractivity contribution < 1.29 is 14.3 Å². The van der Waals surface area contributed by atoms with Crippen LogP contribution < -0.4 is 5.73 Å². The monoisotopic (exact) mass is 306 g/mol. The maximum atomic E-state index is 13.8. The Morgan fingerprint density at radius 3 is 2.77 bits per heavy atom. The molecule has 1 amide bonds. The second kappa shape index (κ2) is 4.77. The van der Waals surface area contributed by atoms with Crippen LogP contribution in [0.15, 0.2) is 18.2 Å². The first-order valence-corrected chi connectivity index (χ1v) is 7.74. The number of carbonyl (C=O) groups is 1. The zero-order chi connectivity index (χ0) is 16.3. The molecule has 0 spiro atoms. The first kappa shape index (κ1) is 15.4. The minimum Gasteiger partial charge on any atom is -0.388 e. The van der Waals surface area contributed by atoms with Crippen molar-refractivity contribution in [1.29, 1.82) is 0 Å². The van der Waals surface area contributed by atoms with Gasteiger partial charge in [-0.3, -0.25) is 4.79 Å². The van der Waals surface area contributed by atoms with Gasteiger partial charge in [0.15, 0.2) is 0 Å². The third-order valence-electron chi connectivity index (χ3n) is 5.23. The molecule has 22 heavy (non-hydrogen) atoms. The minimum absolute atomic E-state index is 0.145. The van der Waals surface area contributed by atoms with Crippen molar-refractivity contribution in [1.82, 2.24) is 4.90 Å². The molecule has 2 saturated heterocycles. The lowest BCUT2D eigenvalue weighted by Gasteiger charge is -2.40. The van der Waals surface area contributed by atoms with Crippen LogP contribution >= 0.6 is 0 Å². The van der Waals surface area contributed by atoms with E-state index in [1.807, 2.05) is 6.92 Å². The Morgan fingerprint density at radius 2 is 2.14 bits per heavy atom. The average Bonchev–Trinajstić information content (AvgIpc) is 2.90. The van der Waals surface area contributed by atoms with E-state index in [1.54, 1.807) is 24.8 Å². The third kappa shape index (κ3) is 2.07. The number of nitrogens with zero attached hydrogens (tertiary/aromatic N) is 1. The van der Waals surface area contributed by atoms with Gasteiger partial charge in [-0.2, -0.15) is 0 Å². The highest BCUT2D eigenvalue weighted by atomic mass is 19.1. The fourth-order valence-corrected chi connectivity index (χ4v) is 4.26. The van der Waals surface area contributed by atoms with E-state index in [4.69, 9.17) is 5.73 Å². The van der Waals surface area contributed by atoms with Crippen LogP contribution in [0.4, 0.5) is 4.39 Å². The van der Waals surface area contributed by atoms with Crippen LogP contribution in [0.1, 0.15) is 44.2 Å². The topological polar surface area (TPSA) is 66.6 Å². The van der Waals surface area contributed by atoms with Gasteiger partial charge >= 0.3 is 0 Å². The standard InChI is InChI=1S/C17H23FN2O2/c1-10-4-5-11(18)8-12(10)17-7-6-14(16(2,3)22)20(17)15(21)13(19)9-17/h4-5,8,13-14,22H,6-7,9,19H2,1-3H3/t13-,14+,17+/m0/s1. The Hall–Kier alpha value is -1.46. The van der Waals surface area contributed by atoms with Gasteiger partial charge in [0.2, 0.25) is 5.91 Å². The quantitative estimate of drug-likeness (QED) is 0.876. The largest absolute Gasteiger partial charge is 0.388 e. The molecule has 1 aromatic rings. The van der Waals surface area contributed by atoms with E-state index in [-0.39, 0.29) is 17.8 Å². The van der Waals surface area contributed by atoms with Crippen LogP contribution in [0.3, 0.4) is 0 Å². The van der Waals surface area contributed by atoms with Gasteiger partial charge in [-0.05, 0) is 63.3 Å². The van der Waals surface area contributed by atoms with E-state index < -0.39 is 17.2 Å². The molecule has 3 N–H and O–H groups in total. The molecule has 2 aliphatic heterocycles. The molecule has 2 heterocycles. The molecule has 1 aromatic carbocycles. The summed E-state index contributed by atoms with van der Waals surface area (Å²) in [7, 11) is 0. The first-order valence-electron chi connectivity index (χ1n) is 7.74. The number of fused-ring (bicyclic) bond motifs is 1. The SMILES string of the molecule is Cc1ccc(F)cc1[C@]12CC[C@H](C(C)(C)O)N1C(=O)[C@@H](N)C2. The fraction of sp³-hybridized carbons (Fsp3) is 0.588. The van der Waals surface area contributed by atoms with E-state index in [9.17, 15) is 14.3 Å². The Morgan fingerprint density at radius 1 is 1.45 bits per heavy atom. The lowest BCUT2D eigenvalue weighted by atomic mass is 9.82. The number of hydrogen-bond acceptors (Lipinski definition) is 3. The van der Waals surface area contributed by atoms with Crippen LogP contribution in [-0.2, 0) is 10.3 Å². The molecule has 5 heteroatoms. The number of benzene rings is 1. The second-order valence-corrected chi connectivity index (χ2v) is 7.22. The molecule has 0 radical (unpaired) electrons. The van der Waals surface area contributed by atoms with Crippen molar-refractivity contribution in [3.05, 3.63) is 35.1 Å². The molecule has 120 valence electrons. The lowest BCUT2D eigenvalue weighted by Crippen LogP contribution is -2.52. The van der Waals surface area contributed by atoms with Crippen molar-refractivity contribution in [3.8, 4) is 0 Å². The summed E-state index contributed by atoms with van der Waals surface area (Å²) in [5, 5.41) is 10.4. The molecule has 4 nitrogen and oxygen atoms in total. The summed E-state index contributed by atoms with van der Waals surface area (Å²) < 4.78 is 13.8. The molecule has 0 saturated carbocycles. The average molecular weight is 306 g/mol. The van der Waals surface area contributed by atoms with E-state index in [2.05, 4.69) is 0 Å². The molecule has 0 aliphatic carbocycles. The fourth-order valence-electron chi connectivity index (χ4n) is 4.26. The summed E-state index contributed by atoms with van der Waals surface area (Å²) in [5.41, 5.74) is 6.19. The summed E-state index contributed by atoms with van der Waals surface area (Å²) in [5.74, 6) is -0.456. The minimum atomic E-state index is -1.01. The molecule has 2 fully saturated rings. The van der Waals surface area contributed by atoms with Gasteiger partial charge in [0, 0.05) is 0 Å². The molecule has 0 bridgehead atoms. The highest BCUT2D eigenvalue weighted by Gasteiger charge is 2.59. The number of carbonyl (C=O) groups excluding carboxylic acids is 1. The Labute approximate surface area is 130 Å². The van der Waals surface area contributed by atoms with Gasteiger partial charge in [0.05, 0.1) is 23.2 Å². The molecule has 0 unspecified atom stereocenters. The Bertz CT molecular complexity index is 626. The van der Waals surface area contributed by atoms with Crippen molar-refractivity contribution in [2.75, 3.05) is 0 Å². The molecular formula is C17H23FN2O2. The third-order valence-corrected chi connectivity index (χ3v) is 5.23. The van der Waals surface area contributed by atoms with E-state index in [1.165, 1.54) is 12.1 Å². The van der Waals surface area contributed by atoms with Crippen molar-refractivity contribution in [2.24, 2.45) is 5.73 Å². The van der Waals surface area contributed by atoms with Crippen LogP contribution in [0.5, 0.6) is 0 Å². The Kier molecular flexibility index (Phi) is 3.34. The number of nitrogens with two attached hydrogens (primary N) is 1. The van der Waals surface area contributed by atoms with Gasteiger partial charge in [-0.1, -0.05) is 6.07 Å². The van der Waals surface area contributed by atoms with Crippen LogP contribution in [0.2, 0.25) is 0 Å². The van der Waals surface area contributed by atoms with Gasteiger partial charge in [0.25, 0.3) is 0 Å². The predicted octanol–water partition coefficient (Wildman–Crippen LogP) is 1.82. The molecular weight excluding hydrogens is 283 g/mol. The number of aryl methyl sites for hydroxylation is 1. The summed E-state index contributed by atoms with van der Waals surface area (Å²) in [6.07, 6.45) is 1.87. The van der Waals surface area contributed by atoms with Gasteiger partial charge < -0.3 is 15.7 Å². The first-order chi connectivity index (χ1) is 10.2. The number of rotatable bonds is 2. The van der Waals surface area contributed by atoms with Gasteiger partial charge in [-0.15, -0.1) is 0 Å². The maximum Gasteiger partial charge on any atom is 0.240 e. The highest BCUT2D eigenvalue weighted by Crippen LogP contribution is 2.52. The summed E-state index contributed by atoms with van der Waals surface area (Å²) in [6.45, 7) is 5.35. The Balaban J connectivity index is 2.15. The second-order valence-electron chi connectivity index (χ2n) is 7.22. The highest BCUT2D eigenvalue weighted by molar-refractivity contribution is 5.86. The maximum absolute atomic E-state index is 13.8. The van der Waals surface area contributed by atoms with Crippen LogP contribution in [0, 0.1) is 12.7 Å². The summed E-state index contributed by atoms with van der Waals surface area (Å²) in [4.78, 5) is 14.4. The number of hydrogen-bond donors (Lipinski definition) is 2. The van der Waals surface area contributed by atoms with Gasteiger partial charge in [-0.25, -0.2) is 4.39 Å². The summed E-state index contributed by atoms with van der Waals surface area (Å²) in [6, 6.07) is 3.80. The number of halogens is 1. The molecule has 3 rings (SSSR count). The number of amides is 1. The predicted molar refractivity (Wildman–Crippen MR) is 81.6 cm³/mol. The van der Waals surface area contributed by atoms with Crippen molar-refractivity contribution in [3.63, 3.8) is 0 Å². The number of aliphatic hydroxyl groups is 1. The molecule has 2 aliphatic rings. The van der Waals surface area contributed by atoms with Crippen molar-refractivity contribution >= 4 is 5.91 Å².